The summed E-state index contributed by atoms with van der Waals surface area (Å²) in [6, 6.07) is 8.96. The van der Waals surface area contributed by atoms with Crippen molar-refractivity contribution in [3.05, 3.63) is 42.4 Å². The molecule has 0 unspecified atom stereocenters. The fourth-order valence-corrected chi connectivity index (χ4v) is 1.63. The van der Waals surface area contributed by atoms with Crippen molar-refractivity contribution in [2.24, 2.45) is 0 Å². The van der Waals surface area contributed by atoms with Gasteiger partial charge in [0.25, 0.3) is 5.78 Å². The van der Waals surface area contributed by atoms with Crippen molar-refractivity contribution < 1.29 is 4.74 Å². The van der Waals surface area contributed by atoms with E-state index in [9.17, 15) is 0 Å². The van der Waals surface area contributed by atoms with E-state index in [1.807, 2.05) is 6.92 Å². The van der Waals surface area contributed by atoms with Crippen molar-refractivity contribution in [2.75, 3.05) is 5.73 Å². The summed E-state index contributed by atoms with van der Waals surface area (Å²) in [4.78, 5) is 8.28. The number of aromatic nitrogens is 4. The van der Waals surface area contributed by atoms with Gasteiger partial charge in [0.1, 0.15) is 12.1 Å². The summed E-state index contributed by atoms with van der Waals surface area (Å²) in [5.41, 5.74) is 7.14. The first kappa shape index (κ1) is 10.5. The molecule has 0 saturated heterocycles. The van der Waals surface area contributed by atoms with Gasteiger partial charge in [0, 0.05) is 17.4 Å². The average molecular weight is 241 g/mol. The Morgan fingerprint density at radius 2 is 2.00 bits per heavy atom. The van der Waals surface area contributed by atoms with Crippen LogP contribution < -0.4 is 10.5 Å². The van der Waals surface area contributed by atoms with E-state index >= 15 is 0 Å². The maximum atomic E-state index is 5.75. The van der Waals surface area contributed by atoms with Gasteiger partial charge >= 0.3 is 0 Å². The van der Waals surface area contributed by atoms with Crippen molar-refractivity contribution in [1.29, 1.82) is 0 Å². The molecular formula is C12H11N5O. The molecule has 6 nitrogen and oxygen atoms in total. The van der Waals surface area contributed by atoms with Crippen LogP contribution in [0.5, 0.6) is 11.6 Å². The highest BCUT2D eigenvalue weighted by atomic mass is 16.5. The Kier molecular flexibility index (Phi) is 2.33. The third kappa shape index (κ3) is 1.84. The molecule has 0 saturated carbocycles. The van der Waals surface area contributed by atoms with Crippen LogP contribution in [0, 0.1) is 6.92 Å². The first-order valence-corrected chi connectivity index (χ1v) is 5.43. The van der Waals surface area contributed by atoms with Gasteiger partial charge in [0.15, 0.2) is 0 Å². The van der Waals surface area contributed by atoms with Gasteiger partial charge in [0.2, 0.25) is 5.88 Å². The zero-order valence-electron chi connectivity index (χ0n) is 9.74. The molecule has 6 heteroatoms. The summed E-state index contributed by atoms with van der Waals surface area (Å²) < 4.78 is 7.30. The molecule has 0 amide bonds. The van der Waals surface area contributed by atoms with E-state index in [-0.39, 0.29) is 0 Å². The molecule has 0 aliphatic heterocycles. The zero-order valence-corrected chi connectivity index (χ0v) is 9.74. The molecule has 0 atom stereocenters. The minimum atomic E-state index is 0.514. The molecule has 1 aromatic carbocycles. The monoisotopic (exact) mass is 241 g/mol. The fraction of sp³-hybridized carbons (Fsp3) is 0.0833. The van der Waals surface area contributed by atoms with Crippen LogP contribution in [-0.2, 0) is 0 Å². The molecule has 2 aromatic heterocycles. The molecule has 0 aliphatic carbocycles. The Morgan fingerprint density at radius 1 is 1.22 bits per heavy atom. The highest BCUT2D eigenvalue weighted by molar-refractivity contribution is 5.43. The lowest BCUT2D eigenvalue weighted by atomic mass is 10.3. The number of fused-ring (bicyclic) bond motifs is 1. The molecule has 0 bridgehead atoms. The summed E-state index contributed by atoms with van der Waals surface area (Å²) >= 11 is 0. The van der Waals surface area contributed by atoms with Crippen LogP contribution in [-0.4, -0.2) is 19.6 Å². The van der Waals surface area contributed by atoms with Crippen molar-refractivity contribution in [1.82, 2.24) is 19.6 Å². The number of aryl methyl sites for hydroxylation is 1. The number of ether oxygens (including phenoxy) is 1. The summed E-state index contributed by atoms with van der Waals surface area (Å²) in [7, 11) is 0. The minimum absolute atomic E-state index is 0.514. The van der Waals surface area contributed by atoms with E-state index in [1.54, 1.807) is 34.8 Å². The van der Waals surface area contributed by atoms with Gasteiger partial charge < -0.3 is 10.5 Å². The highest BCUT2D eigenvalue weighted by Gasteiger charge is 2.07. The topological polar surface area (TPSA) is 78.3 Å². The number of rotatable bonds is 2. The molecule has 0 spiro atoms. The van der Waals surface area contributed by atoms with E-state index in [1.165, 1.54) is 6.33 Å². The number of nitrogen functional groups attached to an aromatic ring is 1. The molecule has 2 N–H and O–H groups in total. The fourth-order valence-electron chi connectivity index (χ4n) is 1.63. The van der Waals surface area contributed by atoms with Gasteiger partial charge in [-0.1, -0.05) is 0 Å². The quantitative estimate of drug-likeness (QED) is 0.692. The molecule has 0 fully saturated rings. The minimum Gasteiger partial charge on any atom is -0.439 e. The predicted octanol–water partition coefficient (Wildman–Crippen LogP) is 1.81. The molecule has 0 radical (unpaired) electrons. The molecule has 18 heavy (non-hydrogen) atoms. The third-order valence-corrected chi connectivity index (χ3v) is 2.45. The van der Waals surface area contributed by atoms with E-state index in [2.05, 4.69) is 15.1 Å². The van der Waals surface area contributed by atoms with Crippen LogP contribution in [0.4, 0.5) is 5.69 Å². The number of anilines is 1. The number of nitrogens with two attached hydrogens (primary N) is 1. The maximum absolute atomic E-state index is 5.75. The lowest BCUT2D eigenvalue weighted by Crippen LogP contribution is -1.99. The number of hydrogen-bond donors (Lipinski definition) is 1. The Hall–Kier alpha value is -2.63. The van der Waals surface area contributed by atoms with Gasteiger partial charge in [0.05, 0.1) is 0 Å². The zero-order chi connectivity index (χ0) is 12.5. The first-order chi connectivity index (χ1) is 8.72. The second-order valence-corrected chi connectivity index (χ2v) is 3.88. The molecule has 90 valence electrons. The largest absolute Gasteiger partial charge is 0.439 e. The SMILES string of the molecule is Cc1cc(Oc2ccc(N)cc2)n2ncnc2n1. The van der Waals surface area contributed by atoms with Crippen molar-refractivity contribution >= 4 is 11.5 Å². The summed E-state index contributed by atoms with van der Waals surface area (Å²) in [6.07, 6.45) is 1.44. The maximum Gasteiger partial charge on any atom is 0.255 e. The van der Waals surface area contributed by atoms with Crippen molar-refractivity contribution in [3.63, 3.8) is 0 Å². The number of hydrogen-bond acceptors (Lipinski definition) is 5. The summed E-state index contributed by atoms with van der Waals surface area (Å²) in [5, 5.41) is 4.07. The van der Waals surface area contributed by atoms with Crippen molar-refractivity contribution in [2.45, 2.75) is 6.92 Å². The molecule has 3 aromatic rings. The molecule has 3 rings (SSSR count). The van der Waals surface area contributed by atoms with E-state index in [4.69, 9.17) is 10.5 Å². The predicted molar refractivity (Wildman–Crippen MR) is 66.4 cm³/mol. The second kappa shape index (κ2) is 3.99. The standard InChI is InChI=1S/C12H11N5O/c1-8-6-11(17-12(16-8)14-7-15-17)18-10-4-2-9(13)3-5-10/h2-7H,13H2,1H3. The van der Waals surface area contributed by atoms with Crippen molar-refractivity contribution in [3.8, 4) is 11.6 Å². The Labute approximate surface area is 103 Å². The lowest BCUT2D eigenvalue weighted by Gasteiger charge is -2.07. The van der Waals surface area contributed by atoms with Crippen LogP contribution in [0.25, 0.3) is 5.78 Å². The average Bonchev–Trinajstić information content (AvgIpc) is 2.80. The van der Waals surface area contributed by atoms with Crippen LogP contribution >= 0.6 is 0 Å². The van der Waals surface area contributed by atoms with Gasteiger partial charge in [-0.05, 0) is 31.2 Å². The smallest absolute Gasteiger partial charge is 0.255 e. The van der Waals surface area contributed by atoms with E-state index in [0.29, 0.717) is 23.1 Å². The van der Waals surface area contributed by atoms with Crippen LogP contribution in [0.3, 0.4) is 0 Å². The number of nitrogens with zero attached hydrogens (tertiary/aromatic N) is 4. The van der Waals surface area contributed by atoms with Crippen LogP contribution in [0.15, 0.2) is 36.7 Å². The second-order valence-electron chi connectivity index (χ2n) is 3.88. The Balaban J connectivity index is 2.03. The van der Waals surface area contributed by atoms with Gasteiger partial charge in [-0.2, -0.15) is 14.6 Å². The lowest BCUT2D eigenvalue weighted by molar-refractivity contribution is 0.445. The molecular weight excluding hydrogens is 230 g/mol. The van der Waals surface area contributed by atoms with Gasteiger partial charge in [-0.15, -0.1) is 0 Å². The van der Waals surface area contributed by atoms with E-state index in [0.717, 1.165) is 5.69 Å². The molecule has 0 aliphatic rings. The van der Waals surface area contributed by atoms with Crippen LogP contribution in [0.1, 0.15) is 5.69 Å². The normalized spacial score (nSPS) is 10.7. The first-order valence-electron chi connectivity index (χ1n) is 5.43. The Morgan fingerprint density at radius 3 is 2.78 bits per heavy atom. The van der Waals surface area contributed by atoms with Gasteiger partial charge in [-0.25, -0.2) is 4.98 Å². The van der Waals surface area contributed by atoms with Crippen LogP contribution in [0.2, 0.25) is 0 Å². The number of benzene rings is 1. The van der Waals surface area contributed by atoms with E-state index < -0.39 is 0 Å². The molecule has 2 heterocycles. The summed E-state index contributed by atoms with van der Waals surface area (Å²) in [6.45, 7) is 1.88. The Bertz CT molecular complexity index is 689. The third-order valence-electron chi connectivity index (χ3n) is 2.45. The highest BCUT2D eigenvalue weighted by Crippen LogP contribution is 2.22. The van der Waals surface area contributed by atoms with Gasteiger partial charge in [-0.3, -0.25) is 0 Å². The summed E-state index contributed by atoms with van der Waals surface area (Å²) in [5.74, 6) is 1.77.